The third kappa shape index (κ3) is 5.46. The van der Waals surface area contributed by atoms with Crippen molar-refractivity contribution in [3.05, 3.63) is 72.0 Å². The third-order valence-electron chi connectivity index (χ3n) is 6.87. The van der Waals surface area contributed by atoms with Crippen LogP contribution in [0.15, 0.2) is 65.6 Å². The van der Waals surface area contributed by atoms with E-state index in [1.165, 1.54) is 21.3 Å². The van der Waals surface area contributed by atoms with Crippen LogP contribution < -0.4 is 9.62 Å². The zero-order valence-electron chi connectivity index (χ0n) is 21.3. The van der Waals surface area contributed by atoms with Gasteiger partial charge in [0.25, 0.3) is 10.0 Å². The highest BCUT2D eigenvalue weighted by Gasteiger charge is 2.35. The number of sulfonamides is 1. The molecule has 0 bridgehead atoms. The van der Waals surface area contributed by atoms with Crippen LogP contribution in [0.2, 0.25) is 0 Å². The Hall–Kier alpha value is -3.46. The van der Waals surface area contributed by atoms with Gasteiger partial charge in [-0.05, 0) is 61.9 Å². The van der Waals surface area contributed by atoms with Gasteiger partial charge in [-0.2, -0.15) is 0 Å². The van der Waals surface area contributed by atoms with Gasteiger partial charge in [-0.1, -0.05) is 43.3 Å². The Morgan fingerprint density at radius 2 is 1.70 bits per heavy atom. The number of halogens is 1. The van der Waals surface area contributed by atoms with Crippen LogP contribution in [-0.2, 0) is 26.2 Å². The fourth-order valence-corrected chi connectivity index (χ4v) is 6.30. The van der Waals surface area contributed by atoms with Crippen molar-refractivity contribution in [2.24, 2.45) is 0 Å². The van der Waals surface area contributed by atoms with E-state index in [0.717, 1.165) is 11.8 Å². The van der Waals surface area contributed by atoms with Crippen LogP contribution in [0.4, 0.5) is 10.1 Å². The molecule has 0 saturated carbocycles. The number of amides is 2. The van der Waals surface area contributed by atoms with E-state index in [1.807, 2.05) is 32.0 Å². The molecule has 0 unspecified atom stereocenters. The van der Waals surface area contributed by atoms with Crippen molar-refractivity contribution in [3.8, 4) is 0 Å². The zero-order chi connectivity index (χ0) is 26.7. The molecule has 7 nitrogen and oxygen atoms in total. The molecule has 4 rings (SSSR count). The van der Waals surface area contributed by atoms with Crippen molar-refractivity contribution in [1.29, 1.82) is 0 Å². The van der Waals surface area contributed by atoms with Crippen LogP contribution in [0.5, 0.6) is 0 Å². The van der Waals surface area contributed by atoms with Crippen molar-refractivity contribution < 1.29 is 22.4 Å². The summed E-state index contributed by atoms with van der Waals surface area (Å²) in [5, 5.41) is 4.46. The molecule has 9 heteroatoms. The van der Waals surface area contributed by atoms with Gasteiger partial charge in [-0.25, -0.2) is 12.8 Å². The first-order chi connectivity index (χ1) is 17.6. The predicted molar refractivity (Wildman–Crippen MR) is 142 cm³/mol. The van der Waals surface area contributed by atoms with Crippen LogP contribution in [-0.4, -0.2) is 43.8 Å². The molecule has 1 heterocycles. The molecule has 1 aliphatic rings. The van der Waals surface area contributed by atoms with Gasteiger partial charge in [0, 0.05) is 30.9 Å². The van der Waals surface area contributed by atoms with Gasteiger partial charge >= 0.3 is 0 Å². The van der Waals surface area contributed by atoms with Crippen LogP contribution in [0.3, 0.4) is 0 Å². The van der Waals surface area contributed by atoms with E-state index in [4.69, 9.17) is 0 Å². The first kappa shape index (κ1) is 26.6. The van der Waals surface area contributed by atoms with Gasteiger partial charge < -0.3 is 10.2 Å². The number of carbonyl (C=O) groups is 2. The topological polar surface area (TPSA) is 86.8 Å². The Morgan fingerprint density at radius 3 is 2.38 bits per heavy atom. The van der Waals surface area contributed by atoms with Gasteiger partial charge in [-0.15, -0.1) is 0 Å². The van der Waals surface area contributed by atoms with Crippen LogP contribution >= 0.6 is 0 Å². The van der Waals surface area contributed by atoms with Crippen molar-refractivity contribution in [3.63, 3.8) is 0 Å². The third-order valence-corrected chi connectivity index (χ3v) is 8.72. The molecule has 0 radical (unpaired) electrons. The van der Waals surface area contributed by atoms with Crippen molar-refractivity contribution in [1.82, 2.24) is 10.2 Å². The van der Waals surface area contributed by atoms with Gasteiger partial charge in [0.1, 0.15) is 11.9 Å². The minimum atomic E-state index is -3.71. The first-order valence-electron chi connectivity index (χ1n) is 12.5. The summed E-state index contributed by atoms with van der Waals surface area (Å²) in [6, 6.07) is 15.7. The molecule has 0 saturated heterocycles. The summed E-state index contributed by atoms with van der Waals surface area (Å²) in [6.07, 6.45) is 1.09. The molecule has 0 fully saturated rings. The molecule has 3 aromatic carbocycles. The van der Waals surface area contributed by atoms with E-state index in [2.05, 4.69) is 5.32 Å². The molecular weight excluding hydrogens is 493 g/mol. The zero-order valence-corrected chi connectivity index (χ0v) is 22.1. The van der Waals surface area contributed by atoms with Gasteiger partial charge in [0.2, 0.25) is 11.8 Å². The Morgan fingerprint density at radius 1 is 1.03 bits per heavy atom. The molecule has 196 valence electrons. The molecule has 3 aromatic rings. The first-order valence-corrected chi connectivity index (χ1v) is 14.0. The fraction of sp³-hybridized carbons (Fsp3) is 0.357. The number of carbonyl (C=O) groups excluding carboxylic acids is 2. The Kier molecular flexibility index (Phi) is 7.82. The molecule has 37 heavy (non-hydrogen) atoms. The van der Waals surface area contributed by atoms with E-state index in [-0.39, 0.29) is 54.5 Å². The number of nitrogens with one attached hydrogen (secondary N) is 1. The predicted octanol–water partition coefficient (Wildman–Crippen LogP) is 4.60. The highest BCUT2D eigenvalue weighted by atomic mass is 32.2. The van der Waals surface area contributed by atoms with Crippen LogP contribution in [0, 0.1) is 5.82 Å². The Bertz CT molecular complexity index is 1400. The van der Waals surface area contributed by atoms with Crippen LogP contribution in [0.25, 0.3) is 10.8 Å². The average Bonchev–Trinajstić information content (AvgIpc) is 3.10. The monoisotopic (exact) mass is 525 g/mol. The summed E-state index contributed by atoms with van der Waals surface area (Å²) in [5.41, 5.74) is 1.31. The lowest BCUT2D eigenvalue weighted by molar-refractivity contribution is -0.140. The molecule has 0 aliphatic carbocycles. The number of rotatable bonds is 10. The summed E-state index contributed by atoms with van der Waals surface area (Å²) >= 11 is 0. The maximum Gasteiger partial charge on any atom is 0.265 e. The molecule has 0 spiro atoms. The second-order valence-corrected chi connectivity index (χ2v) is 11.3. The lowest BCUT2D eigenvalue weighted by Gasteiger charge is -2.30. The van der Waals surface area contributed by atoms with Gasteiger partial charge in [-0.3, -0.25) is 13.9 Å². The molecule has 1 aliphatic heterocycles. The number of hydrogen-bond donors (Lipinski definition) is 1. The smallest absolute Gasteiger partial charge is 0.265 e. The van der Waals surface area contributed by atoms with E-state index >= 15 is 0 Å². The van der Waals surface area contributed by atoms with E-state index in [1.54, 1.807) is 37.3 Å². The molecule has 2 amide bonds. The lowest BCUT2D eigenvalue weighted by atomic mass is 10.1. The number of anilines is 1. The number of nitrogens with zero attached hydrogens (tertiary/aromatic N) is 2. The van der Waals surface area contributed by atoms with Gasteiger partial charge in [0.05, 0.1) is 10.6 Å². The summed E-state index contributed by atoms with van der Waals surface area (Å²) in [7, 11) is -3.71. The number of hydrogen-bond acceptors (Lipinski definition) is 4. The molecule has 2 atom stereocenters. The summed E-state index contributed by atoms with van der Waals surface area (Å²) < 4.78 is 41.2. The maximum absolute atomic E-state index is 13.4. The molecule has 0 aromatic heterocycles. The molecule has 1 N–H and O–H groups in total. The Labute approximate surface area is 217 Å². The van der Waals surface area contributed by atoms with Crippen LogP contribution in [0.1, 0.15) is 45.6 Å². The second-order valence-electron chi connectivity index (χ2n) is 9.45. The average molecular weight is 526 g/mol. The van der Waals surface area contributed by atoms with E-state index in [9.17, 15) is 22.4 Å². The normalized spacial score (nSPS) is 15.4. The highest BCUT2D eigenvalue weighted by molar-refractivity contribution is 7.93. The lowest BCUT2D eigenvalue weighted by Crippen LogP contribution is -2.49. The summed E-state index contributed by atoms with van der Waals surface area (Å²) in [5.74, 6) is -0.926. The number of benzene rings is 3. The SMILES string of the molecule is CC[C@@H](C)NC(=O)[C@@H](C)N(Cc1ccc(F)cc1)C(=O)CCCN1c2cccc3cccc(c23)S1(=O)=O. The van der Waals surface area contributed by atoms with Gasteiger partial charge in [0.15, 0.2) is 0 Å². The quantitative estimate of drug-likeness (QED) is 0.419. The minimum Gasteiger partial charge on any atom is -0.352 e. The Balaban J connectivity index is 1.49. The highest BCUT2D eigenvalue weighted by Crippen LogP contribution is 2.42. The summed E-state index contributed by atoms with van der Waals surface area (Å²) in [4.78, 5) is 28.0. The summed E-state index contributed by atoms with van der Waals surface area (Å²) in [6.45, 7) is 5.80. The fourth-order valence-electron chi connectivity index (χ4n) is 4.55. The van der Waals surface area contributed by atoms with Crippen molar-refractivity contribution in [2.45, 2.75) is 63.6 Å². The molecular formula is C28H32FN3O4S. The minimum absolute atomic E-state index is 0.0394. The van der Waals surface area contributed by atoms with E-state index < -0.39 is 16.1 Å². The second kappa shape index (κ2) is 10.9. The maximum atomic E-state index is 13.4. The van der Waals surface area contributed by atoms with Crippen molar-refractivity contribution in [2.75, 3.05) is 10.8 Å². The van der Waals surface area contributed by atoms with E-state index in [0.29, 0.717) is 16.6 Å². The standard InChI is InChI=1S/C28H32FN3O4S/c1-4-19(2)30-28(34)20(3)31(18-21-13-15-23(29)16-14-21)26(33)12-7-17-32-24-10-5-8-22-9-6-11-25(27(22)24)37(32,35)36/h5-6,8-11,13-16,19-20H,4,7,12,17-18H2,1-3H3,(H,30,34)/t19-,20-/m1/s1. The largest absolute Gasteiger partial charge is 0.352 e. The van der Waals surface area contributed by atoms with Crippen molar-refractivity contribution >= 4 is 38.3 Å².